The number of benzene rings is 1. The Bertz CT molecular complexity index is 609. The summed E-state index contributed by atoms with van der Waals surface area (Å²) in [4.78, 5) is 0. The van der Waals surface area contributed by atoms with Crippen LogP contribution in [0.15, 0.2) is 24.4 Å². The summed E-state index contributed by atoms with van der Waals surface area (Å²) in [6.45, 7) is 0. The van der Waals surface area contributed by atoms with Gasteiger partial charge in [-0.25, -0.2) is 0 Å². The zero-order valence-corrected chi connectivity index (χ0v) is 12.8. The van der Waals surface area contributed by atoms with Crippen molar-refractivity contribution in [2.45, 2.75) is 18.9 Å². The molecule has 112 valence electrons. The molecular weight excluding hydrogens is 286 g/mol. The summed E-state index contributed by atoms with van der Waals surface area (Å²) >= 11 is 1.94. The third-order valence-electron chi connectivity index (χ3n) is 3.55. The van der Waals surface area contributed by atoms with Crippen LogP contribution in [0.4, 0.5) is 5.82 Å². The number of H-pyrrole nitrogens is 1. The molecule has 0 bridgehead atoms. The Balaban J connectivity index is 1.92. The number of aromatic nitrogens is 2. The van der Waals surface area contributed by atoms with E-state index in [0.717, 1.165) is 29.1 Å². The summed E-state index contributed by atoms with van der Waals surface area (Å²) in [6, 6.07) is 5.86. The number of nitrogen functional groups attached to an aromatic ring is 1. The second-order valence-electron chi connectivity index (χ2n) is 4.99. The Morgan fingerprint density at radius 2 is 2.29 bits per heavy atom. The van der Waals surface area contributed by atoms with Gasteiger partial charge in [-0.2, -0.15) is 16.9 Å². The number of aromatic amines is 1. The first-order valence-corrected chi connectivity index (χ1v) is 8.15. The van der Waals surface area contributed by atoms with Crippen LogP contribution in [-0.2, 0) is 0 Å². The SMILES string of the molecule is COc1c(OC2CCCSC2)cccc1-c1cn[nH]c1N. The van der Waals surface area contributed by atoms with Crippen molar-refractivity contribution < 1.29 is 9.47 Å². The van der Waals surface area contributed by atoms with Gasteiger partial charge < -0.3 is 15.2 Å². The number of hydrogen-bond donors (Lipinski definition) is 2. The number of anilines is 1. The zero-order chi connectivity index (χ0) is 14.7. The normalized spacial score (nSPS) is 18.4. The second kappa shape index (κ2) is 6.30. The van der Waals surface area contributed by atoms with E-state index in [4.69, 9.17) is 15.2 Å². The average molecular weight is 305 g/mol. The fourth-order valence-corrected chi connectivity index (χ4v) is 3.56. The lowest BCUT2D eigenvalue weighted by atomic mass is 10.1. The fraction of sp³-hybridized carbons (Fsp3) is 0.400. The van der Waals surface area contributed by atoms with Crippen molar-refractivity contribution in [1.29, 1.82) is 0 Å². The first-order valence-electron chi connectivity index (χ1n) is 7.00. The number of rotatable bonds is 4. The van der Waals surface area contributed by atoms with Gasteiger partial charge in [0.2, 0.25) is 0 Å². The number of para-hydroxylation sites is 1. The van der Waals surface area contributed by atoms with Crippen molar-refractivity contribution in [3.05, 3.63) is 24.4 Å². The van der Waals surface area contributed by atoms with E-state index in [2.05, 4.69) is 10.2 Å². The van der Waals surface area contributed by atoms with Crippen LogP contribution in [0.2, 0.25) is 0 Å². The first-order chi connectivity index (χ1) is 10.3. The molecule has 1 aromatic heterocycles. The van der Waals surface area contributed by atoms with Crippen LogP contribution >= 0.6 is 11.8 Å². The van der Waals surface area contributed by atoms with Gasteiger partial charge in [-0.05, 0) is 24.7 Å². The standard InChI is InChI=1S/C15H19N3O2S/c1-19-14-11(12-8-17-18-15(12)16)5-2-6-13(14)20-10-4-3-7-21-9-10/h2,5-6,8,10H,3-4,7,9H2,1H3,(H3,16,17,18). The number of nitrogens with one attached hydrogen (secondary N) is 1. The monoisotopic (exact) mass is 305 g/mol. The van der Waals surface area contributed by atoms with Crippen molar-refractivity contribution in [2.75, 3.05) is 24.3 Å². The van der Waals surface area contributed by atoms with Gasteiger partial charge in [0.15, 0.2) is 11.5 Å². The molecule has 6 heteroatoms. The zero-order valence-electron chi connectivity index (χ0n) is 12.0. The van der Waals surface area contributed by atoms with Crippen molar-refractivity contribution in [1.82, 2.24) is 10.2 Å². The Labute approximate surface area is 128 Å². The maximum absolute atomic E-state index is 6.14. The summed E-state index contributed by atoms with van der Waals surface area (Å²) in [6.07, 6.45) is 4.24. The minimum absolute atomic E-state index is 0.245. The Morgan fingerprint density at radius 3 is 2.95 bits per heavy atom. The van der Waals surface area contributed by atoms with E-state index < -0.39 is 0 Å². The van der Waals surface area contributed by atoms with Gasteiger partial charge in [0.1, 0.15) is 11.9 Å². The number of methoxy groups -OCH3 is 1. The van der Waals surface area contributed by atoms with Crippen molar-refractivity contribution in [2.24, 2.45) is 0 Å². The van der Waals surface area contributed by atoms with Gasteiger partial charge in [0, 0.05) is 16.9 Å². The molecule has 0 aliphatic carbocycles. The average Bonchev–Trinajstić information content (AvgIpc) is 2.94. The minimum atomic E-state index is 0.245. The highest BCUT2D eigenvalue weighted by atomic mass is 32.2. The van der Waals surface area contributed by atoms with Gasteiger partial charge in [-0.1, -0.05) is 12.1 Å². The molecule has 3 N–H and O–H groups in total. The molecule has 1 unspecified atom stereocenters. The molecule has 21 heavy (non-hydrogen) atoms. The van der Waals surface area contributed by atoms with Crippen LogP contribution < -0.4 is 15.2 Å². The lowest BCUT2D eigenvalue weighted by molar-refractivity contribution is 0.202. The van der Waals surface area contributed by atoms with Crippen molar-refractivity contribution in [3.8, 4) is 22.6 Å². The van der Waals surface area contributed by atoms with E-state index in [1.165, 1.54) is 12.2 Å². The molecule has 1 atom stereocenters. The predicted molar refractivity (Wildman–Crippen MR) is 86.0 cm³/mol. The highest BCUT2D eigenvalue weighted by molar-refractivity contribution is 7.99. The molecule has 0 amide bonds. The van der Waals surface area contributed by atoms with Crippen LogP contribution in [0.5, 0.6) is 11.5 Å². The molecule has 0 saturated carbocycles. The third-order valence-corrected chi connectivity index (χ3v) is 4.74. The quantitative estimate of drug-likeness (QED) is 0.908. The molecule has 3 rings (SSSR count). The molecule has 1 aliphatic heterocycles. The third kappa shape index (κ3) is 2.95. The number of nitrogens with zero attached hydrogens (tertiary/aromatic N) is 1. The summed E-state index contributed by atoms with van der Waals surface area (Å²) in [7, 11) is 1.65. The second-order valence-corrected chi connectivity index (χ2v) is 6.14. The van der Waals surface area contributed by atoms with Gasteiger partial charge in [-0.3, -0.25) is 5.10 Å². The van der Waals surface area contributed by atoms with E-state index in [0.29, 0.717) is 11.6 Å². The maximum atomic E-state index is 6.14. The summed E-state index contributed by atoms with van der Waals surface area (Å²) in [5.41, 5.74) is 7.63. The van der Waals surface area contributed by atoms with Crippen molar-refractivity contribution >= 4 is 17.6 Å². The molecule has 2 aromatic rings. The maximum Gasteiger partial charge on any atom is 0.168 e. The topological polar surface area (TPSA) is 73.2 Å². The summed E-state index contributed by atoms with van der Waals surface area (Å²) in [5, 5.41) is 6.72. The van der Waals surface area contributed by atoms with Crippen LogP contribution in [-0.4, -0.2) is 34.9 Å². The molecule has 1 aromatic carbocycles. The number of thioether (sulfide) groups is 1. The Hall–Kier alpha value is -1.82. The Morgan fingerprint density at radius 1 is 1.38 bits per heavy atom. The number of hydrogen-bond acceptors (Lipinski definition) is 5. The molecule has 0 spiro atoms. The highest BCUT2D eigenvalue weighted by Gasteiger charge is 2.20. The smallest absolute Gasteiger partial charge is 0.168 e. The largest absolute Gasteiger partial charge is 0.492 e. The lowest BCUT2D eigenvalue weighted by Gasteiger charge is -2.24. The first kappa shape index (κ1) is 14.1. The fourth-order valence-electron chi connectivity index (χ4n) is 2.53. The Kier molecular flexibility index (Phi) is 4.24. The van der Waals surface area contributed by atoms with E-state index in [1.807, 2.05) is 30.0 Å². The van der Waals surface area contributed by atoms with Crippen LogP contribution in [0, 0.1) is 0 Å². The molecule has 1 saturated heterocycles. The summed E-state index contributed by atoms with van der Waals surface area (Å²) in [5.74, 6) is 4.26. The van der Waals surface area contributed by atoms with Gasteiger partial charge >= 0.3 is 0 Å². The molecule has 2 heterocycles. The van der Waals surface area contributed by atoms with Gasteiger partial charge in [-0.15, -0.1) is 0 Å². The predicted octanol–water partition coefficient (Wildman–Crippen LogP) is 2.94. The molecular formula is C15H19N3O2S. The van der Waals surface area contributed by atoms with Gasteiger partial charge in [0.25, 0.3) is 0 Å². The van der Waals surface area contributed by atoms with Gasteiger partial charge in [0.05, 0.1) is 13.3 Å². The highest BCUT2D eigenvalue weighted by Crippen LogP contribution is 2.40. The van der Waals surface area contributed by atoms with Crippen LogP contribution in [0.1, 0.15) is 12.8 Å². The molecule has 5 nitrogen and oxygen atoms in total. The number of ether oxygens (including phenoxy) is 2. The molecule has 1 aliphatic rings. The van der Waals surface area contributed by atoms with Crippen molar-refractivity contribution in [3.63, 3.8) is 0 Å². The van der Waals surface area contributed by atoms with E-state index >= 15 is 0 Å². The minimum Gasteiger partial charge on any atom is -0.492 e. The summed E-state index contributed by atoms with van der Waals surface area (Å²) < 4.78 is 11.7. The van der Waals surface area contributed by atoms with Crippen LogP contribution in [0.25, 0.3) is 11.1 Å². The van der Waals surface area contributed by atoms with Crippen LogP contribution in [0.3, 0.4) is 0 Å². The lowest BCUT2D eigenvalue weighted by Crippen LogP contribution is -2.23. The number of nitrogens with two attached hydrogens (primary N) is 1. The van der Waals surface area contributed by atoms with E-state index in [1.54, 1.807) is 13.3 Å². The molecule has 0 radical (unpaired) electrons. The molecule has 1 fully saturated rings. The van der Waals surface area contributed by atoms with E-state index in [-0.39, 0.29) is 6.10 Å². The van der Waals surface area contributed by atoms with E-state index in [9.17, 15) is 0 Å².